The molecule has 0 aliphatic carbocycles. The summed E-state index contributed by atoms with van der Waals surface area (Å²) in [6.45, 7) is 7.58. The second kappa shape index (κ2) is 14.6. The fourth-order valence-corrected chi connectivity index (χ4v) is 4.33. The molecular formula is C31H42N2O. The van der Waals surface area contributed by atoms with E-state index >= 15 is 0 Å². The lowest BCUT2D eigenvalue weighted by Crippen LogP contribution is -2.00. The summed E-state index contributed by atoms with van der Waals surface area (Å²) in [5, 5.41) is 0. The maximum Gasteiger partial charge on any atom is 0.159 e. The Morgan fingerprint density at radius 3 is 1.88 bits per heavy atom. The highest BCUT2D eigenvalue weighted by Gasteiger charge is 2.06. The first kappa shape index (κ1) is 25.9. The largest absolute Gasteiger partial charge is 0.490 e. The van der Waals surface area contributed by atoms with E-state index < -0.39 is 0 Å². The van der Waals surface area contributed by atoms with E-state index in [9.17, 15) is 0 Å². The predicted octanol–water partition coefficient (Wildman–Crippen LogP) is 8.92. The Labute approximate surface area is 207 Å². The number of ether oxygens (including phenoxy) is 1. The smallest absolute Gasteiger partial charge is 0.159 e. The van der Waals surface area contributed by atoms with Crippen molar-refractivity contribution in [2.75, 3.05) is 6.61 Å². The lowest BCUT2D eigenvalue weighted by atomic mass is 9.94. The number of aromatic nitrogens is 2. The zero-order valence-corrected chi connectivity index (χ0v) is 21.4. The number of benzene rings is 2. The molecule has 0 aliphatic rings. The Bertz CT molecular complexity index is 933. The molecule has 0 N–H and O–H groups in total. The Kier molecular flexibility index (Phi) is 11.1. The number of unbranched alkanes of at least 4 members (excludes halogenated alkanes) is 6. The first-order valence-corrected chi connectivity index (χ1v) is 13.3. The van der Waals surface area contributed by atoms with Crippen LogP contribution in [0.4, 0.5) is 0 Å². The van der Waals surface area contributed by atoms with E-state index in [1.807, 2.05) is 0 Å². The molecule has 0 saturated heterocycles. The molecule has 3 heteroatoms. The van der Waals surface area contributed by atoms with Crippen molar-refractivity contribution in [1.82, 2.24) is 9.97 Å². The average Bonchev–Trinajstić information content (AvgIpc) is 2.87. The van der Waals surface area contributed by atoms with Crippen molar-refractivity contribution in [2.45, 2.75) is 85.0 Å². The molecule has 0 aliphatic heterocycles. The molecule has 0 bridgehead atoms. The Balaban J connectivity index is 1.50. The van der Waals surface area contributed by atoms with Crippen LogP contribution in [0.1, 0.15) is 84.1 Å². The SMILES string of the molecule is CCCCCCCC(C)Cc1ccc(-c2ccc(-c3ncc(OCCCCC)cn3)cc2)cc1. The second-order valence-corrected chi connectivity index (χ2v) is 9.58. The third-order valence-corrected chi connectivity index (χ3v) is 6.46. The summed E-state index contributed by atoms with van der Waals surface area (Å²) >= 11 is 0. The summed E-state index contributed by atoms with van der Waals surface area (Å²) in [7, 11) is 0. The van der Waals surface area contributed by atoms with Gasteiger partial charge in [0.2, 0.25) is 0 Å². The van der Waals surface area contributed by atoms with Crippen LogP contribution >= 0.6 is 0 Å². The minimum atomic E-state index is 0.724. The molecule has 0 saturated carbocycles. The molecule has 34 heavy (non-hydrogen) atoms. The molecule has 1 unspecified atom stereocenters. The van der Waals surface area contributed by atoms with Crippen LogP contribution in [-0.2, 0) is 6.42 Å². The fraction of sp³-hybridized carbons (Fsp3) is 0.484. The summed E-state index contributed by atoms with van der Waals surface area (Å²) in [4.78, 5) is 8.98. The Hall–Kier alpha value is -2.68. The van der Waals surface area contributed by atoms with Crippen LogP contribution < -0.4 is 4.74 Å². The third kappa shape index (κ3) is 8.59. The first-order chi connectivity index (χ1) is 16.7. The molecule has 1 aromatic heterocycles. The first-order valence-electron chi connectivity index (χ1n) is 13.3. The number of rotatable bonds is 15. The zero-order valence-electron chi connectivity index (χ0n) is 21.4. The normalized spacial score (nSPS) is 12.0. The summed E-state index contributed by atoms with van der Waals surface area (Å²) in [6, 6.07) is 17.6. The maximum atomic E-state index is 5.72. The van der Waals surface area contributed by atoms with Crippen LogP contribution in [0.5, 0.6) is 5.75 Å². The molecule has 0 spiro atoms. The van der Waals surface area contributed by atoms with Crippen molar-refractivity contribution in [3.8, 4) is 28.3 Å². The summed E-state index contributed by atoms with van der Waals surface area (Å²) < 4.78 is 5.72. The van der Waals surface area contributed by atoms with Gasteiger partial charge in [-0.15, -0.1) is 0 Å². The lowest BCUT2D eigenvalue weighted by Gasteiger charge is -2.12. The van der Waals surface area contributed by atoms with Crippen LogP contribution in [-0.4, -0.2) is 16.6 Å². The molecule has 2 aromatic carbocycles. The van der Waals surface area contributed by atoms with Crippen LogP contribution in [0.25, 0.3) is 22.5 Å². The van der Waals surface area contributed by atoms with E-state index in [2.05, 4.69) is 79.3 Å². The number of hydrogen-bond acceptors (Lipinski definition) is 3. The quantitative estimate of drug-likeness (QED) is 0.213. The second-order valence-electron chi connectivity index (χ2n) is 9.58. The van der Waals surface area contributed by atoms with Crippen LogP contribution in [0.3, 0.4) is 0 Å². The molecule has 1 atom stereocenters. The van der Waals surface area contributed by atoms with Gasteiger partial charge in [-0.05, 0) is 35.4 Å². The highest BCUT2D eigenvalue weighted by molar-refractivity contribution is 5.67. The molecule has 0 amide bonds. The van der Waals surface area contributed by atoms with Crippen LogP contribution in [0.2, 0.25) is 0 Å². The van der Waals surface area contributed by atoms with Gasteiger partial charge in [-0.3, -0.25) is 0 Å². The summed E-state index contributed by atoms with van der Waals surface area (Å²) in [5.74, 6) is 2.22. The van der Waals surface area contributed by atoms with Gasteiger partial charge >= 0.3 is 0 Å². The van der Waals surface area contributed by atoms with Crippen molar-refractivity contribution in [1.29, 1.82) is 0 Å². The summed E-state index contributed by atoms with van der Waals surface area (Å²) in [5.41, 5.74) is 4.92. The van der Waals surface area contributed by atoms with Gasteiger partial charge in [0.1, 0.15) is 0 Å². The molecule has 1 heterocycles. The minimum Gasteiger partial charge on any atom is -0.490 e. The van der Waals surface area contributed by atoms with Gasteiger partial charge < -0.3 is 4.74 Å². The van der Waals surface area contributed by atoms with Crippen LogP contribution in [0, 0.1) is 5.92 Å². The standard InChI is InChI=1S/C31H42N2O/c1-4-6-8-9-10-12-25(3)22-26-13-15-27(16-14-26)28-17-19-29(20-18-28)31-32-23-30(24-33-31)34-21-11-7-5-2/h13-20,23-25H,4-12,21-22H2,1-3H3. The molecular weight excluding hydrogens is 416 g/mol. The molecule has 3 rings (SSSR count). The van der Waals surface area contributed by atoms with E-state index in [0.29, 0.717) is 0 Å². The Morgan fingerprint density at radius 2 is 1.24 bits per heavy atom. The molecule has 0 fully saturated rings. The monoisotopic (exact) mass is 458 g/mol. The maximum absolute atomic E-state index is 5.72. The van der Waals surface area contributed by atoms with Gasteiger partial charge in [-0.25, -0.2) is 9.97 Å². The van der Waals surface area contributed by atoms with E-state index in [-0.39, 0.29) is 0 Å². The van der Waals surface area contributed by atoms with Gasteiger partial charge in [-0.2, -0.15) is 0 Å². The molecule has 3 aromatic rings. The van der Waals surface area contributed by atoms with Crippen molar-refractivity contribution in [3.05, 3.63) is 66.5 Å². The van der Waals surface area contributed by atoms with Crippen molar-refractivity contribution < 1.29 is 4.74 Å². The van der Waals surface area contributed by atoms with E-state index in [4.69, 9.17) is 4.74 Å². The lowest BCUT2D eigenvalue weighted by molar-refractivity contribution is 0.304. The van der Waals surface area contributed by atoms with Crippen LogP contribution in [0.15, 0.2) is 60.9 Å². The summed E-state index contributed by atoms with van der Waals surface area (Å²) in [6.07, 6.45) is 16.3. The van der Waals surface area contributed by atoms with E-state index in [1.54, 1.807) is 12.4 Å². The third-order valence-electron chi connectivity index (χ3n) is 6.46. The molecule has 0 radical (unpaired) electrons. The van der Waals surface area contributed by atoms with E-state index in [1.165, 1.54) is 74.5 Å². The van der Waals surface area contributed by atoms with Crippen molar-refractivity contribution in [2.24, 2.45) is 5.92 Å². The highest BCUT2D eigenvalue weighted by Crippen LogP contribution is 2.25. The topological polar surface area (TPSA) is 35.0 Å². The van der Waals surface area contributed by atoms with Gasteiger partial charge in [-0.1, -0.05) is 121 Å². The van der Waals surface area contributed by atoms with Crippen molar-refractivity contribution in [3.63, 3.8) is 0 Å². The van der Waals surface area contributed by atoms with Gasteiger partial charge in [0.05, 0.1) is 19.0 Å². The van der Waals surface area contributed by atoms with E-state index in [0.717, 1.165) is 36.1 Å². The fourth-order valence-electron chi connectivity index (χ4n) is 4.33. The molecule has 3 nitrogen and oxygen atoms in total. The molecule has 182 valence electrons. The number of hydrogen-bond donors (Lipinski definition) is 0. The average molecular weight is 459 g/mol. The predicted molar refractivity (Wildman–Crippen MR) is 144 cm³/mol. The zero-order chi connectivity index (χ0) is 24.0. The minimum absolute atomic E-state index is 0.724. The Morgan fingerprint density at radius 1 is 0.676 bits per heavy atom. The van der Waals surface area contributed by atoms with Gasteiger partial charge in [0.25, 0.3) is 0 Å². The van der Waals surface area contributed by atoms with Crippen molar-refractivity contribution >= 4 is 0 Å². The number of nitrogens with zero attached hydrogens (tertiary/aromatic N) is 2. The van der Waals surface area contributed by atoms with Gasteiger partial charge in [0.15, 0.2) is 11.6 Å². The van der Waals surface area contributed by atoms with Gasteiger partial charge in [0, 0.05) is 5.56 Å². The highest BCUT2D eigenvalue weighted by atomic mass is 16.5.